The maximum Gasteiger partial charge on any atom is 0.573 e. The summed E-state index contributed by atoms with van der Waals surface area (Å²) in [4.78, 5) is 12.1. The van der Waals surface area contributed by atoms with E-state index in [0.29, 0.717) is 24.8 Å². The van der Waals surface area contributed by atoms with Gasteiger partial charge in [0.25, 0.3) is 0 Å². The van der Waals surface area contributed by atoms with Gasteiger partial charge in [0.15, 0.2) is 0 Å². The van der Waals surface area contributed by atoms with Crippen LogP contribution in [0.1, 0.15) is 37.7 Å². The maximum atomic E-state index is 12.4. The first-order valence-electron chi connectivity index (χ1n) is 7.57. The lowest BCUT2D eigenvalue weighted by Gasteiger charge is -2.14. The lowest BCUT2D eigenvalue weighted by Crippen LogP contribution is -2.34. The number of benzene rings is 1. The largest absolute Gasteiger partial charge is 0.573 e. The number of carbonyl (C=O) groups excluding carboxylic acids is 1. The highest BCUT2D eigenvalue weighted by Gasteiger charge is 2.46. The van der Waals surface area contributed by atoms with E-state index >= 15 is 0 Å². The van der Waals surface area contributed by atoms with E-state index in [1.807, 2.05) is 6.92 Å². The monoisotopic (exact) mass is 331 g/mol. The van der Waals surface area contributed by atoms with Crippen LogP contribution in [-0.2, 0) is 4.79 Å². The first kappa shape index (κ1) is 17.6. The Hall–Kier alpha value is -1.76. The van der Waals surface area contributed by atoms with Crippen molar-refractivity contribution in [2.75, 3.05) is 6.61 Å². The molecule has 4 nitrogen and oxygen atoms in total. The van der Waals surface area contributed by atoms with Gasteiger partial charge in [0.05, 0.1) is 0 Å². The van der Waals surface area contributed by atoms with Crippen LogP contribution in [0.2, 0.25) is 0 Å². The number of ether oxygens (including phenoxy) is 1. The molecule has 2 N–H and O–H groups in total. The van der Waals surface area contributed by atoms with Gasteiger partial charge in [-0.1, -0.05) is 18.2 Å². The third-order valence-corrected chi connectivity index (χ3v) is 3.86. The number of alkyl halides is 3. The van der Waals surface area contributed by atoms with Crippen LogP contribution in [0.15, 0.2) is 24.3 Å². The van der Waals surface area contributed by atoms with E-state index in [-0.39, 0.29) is 36.1 Å². The molecule has 0 spiro atoms. The molecular formula is C16H20F3NO3. The highest BCUT2D eigenvalue weighted by Crippen LogP contribution is 2.51. The SMILES string of the molecule is CC(CCCO)NC(=O)C1CC1c1ccccc1OC(F)(F)F. The predicted octanol–water partition coefficient (Wildman–Crippen LogP) is 2.97. The second-order valence-corrected chi connectivity index (χ2v) is 5.81. The van der Waals surface area contributed by atoms with Crippen LogP contribution < -0.4 is 10.1 Å². The number of para-hydroxylation sites is 1. The number of nitrogens with one attached hydrogen (secondary N) is 1. The highest BCUT2D eigenvalue weighted by atomic mass is 19.4. The molecule has 0 aromatic heterocycles. The molecule has 1 saturated carbocycles. The summed E-state index contributed by atoms with van der Waals surface area (Å²) in [7, 11) is 0. The molecule has 3 unspecified atom stereocenters. The molecule has 1 amide bonds. The Kier molecular flexibility index (Phi) is 5.51. The molecule has 0 aliphatic heterocycles. The summed E-state index contributed by atoms with van der Waals surface area (Å²) in [6.07, 6.45) is -2.98. The van der Waals surface area contributed by atoms with Crippen molar-refractivity contribution in [3.05, 3.63) is 29.8 Å². The standard InChI is InChI=1S/C16H20F3NO3/c1-10(5-4-8-21)20-15(22)13-9-12(13)11-6-2-3-7-14(11)23-16(17,18)19/h2-3,6-7,10,12-13,21H,4-5,8-9H2,1H3,(H,20,22). The van der Waals surface area contributed by atoms with Crippen molar-refractivity contribution in [2.24, 2.45) is 5.92 Å². The number of rotatable bonds is 7. The Bertz CT molecular complexity index is 548. The van der Waals surface area contributed by atoms with Gasteiger partial charge in [-0.2, -0.15) is 0 Å². The molecule has 1 aromatic carbocycles. The average Bonchev–Trinajstić information content (AvgIpc) is 3.24. The van der Waals surface area contributed by atoms with Crippen molar-refractivity contribution in [2.45, 2.75) is 44.5 Å². The van der Waals surface area contributed by atoms with E-state index in [0.717, 1.165) is 0 Å². The number of hydrogen-bond acceptors (Lipinski definition) is 3. The number of hydrogen-bond donors (Lipinski definition) is 2. The zero-order chi connectivity index (χ0) is 17.0. The van der Waals surface area contributed by atoms with E-state index in [1.54, 1.807) is 12.1 Å². The van der Waals surface area contributed by atoms with Crippen LogP contribution >= 0.6 is 0 Å². The molecule has 1 aliphatic rings. The molecule has 23 heavy (non-hydrogen) atoms. The average molecular weight is 331 g/mol. The van der Waals surface area contributed by atoms with Gasteiger partial charge in [-0.25, -0.2) is 0 Å². The van der Waals surface area contributed by atoms with E-state index in [2.05, 4.69) is 10.1 Å². The maximum absolute atomic E-state index is 12.4. The van der Waals surface area contributed by atoms with E-state index in [9.17, 15) is 18.0 Å². The van der Waals surface area contributed by atoms with Gasteiger partial charge in [0.1, 0.15) is 5.75 Å². The summed E-state index contributed by atoms with van der Waals surface area (Å²) in [6, 6.07) is 5.86. The zero-order valence-corrected chi connectivity index (χ0v) is 12.8. The fourth-order valence-electron chi connectivity index (χ4n) is 2.65. The van der Waals surface area contributed by atoms with Crippen molar-refractivity contribution in [1.29, 1.82) is 0 Å². The van der Waals surface area contributed by atoms with Gasteiger partial charge in [0, 0.05) is 18.6 Å². The molecule has 1 fully saturated rings. The summed E-state index contributed by atoms with van der Waals surface area (Å²) < 4.78 is 41.3. The summed E-state index contributed by atoms with van der Waals surface area (Å²) in [5.74, 6) is -0.987. The molecule has 128 valence electrons. The van der Waals surface area contributed by atoms with Crippen LogP contribution in [0.5, 0.6) is 5.75 Å². The zero-order valence-electron chi connectivity index (χ0n) is 12.8. The van der Waals surface area contributed by atoms with Crippen molar-refractivity contribution in [1.82, 2.24) is 5.32 Å². The number of carbonyl (C=O) groups is 1. The molecule has 1 aromatic rings. The lowest BCUT2D eigenvalue weighted by atomic mass is 10.1. The Labute approximate surface area is 132 Å². The van der Waals surface area contributed by atoms with Gasteiger partial charge in [-0.15, -0.1) is 13.2 Å². The molecule has 7 heteroatoms. The van der Waals surface area contributed by atoms with Crippen LogP contribution in [0.25, 0.3) is 0 Å². The van der Waals surface area contributed by atoms with Gasteiger partial charge in [0.2, 0.25) is 5.91 Å². The minimum absolute atomic E-state index is 0.0639. The Morgan fingerprint density at radius 2 is 2.13 bits per heavy atom. The molecular weight excluding hydrogens is 311 g/mol. The highest BCUT2D eigenvalue weighted by molar-refractivity contribution is 5.83. The molecule has 0 heterocycles. The second kappa shape index (κ2) is 7.21. The Morgan fingerprint density at radius 1 is 1.43 bits per heavy atom. The Balaban J connectivity index is 1.97. The lowest BCUT2D eigenvalue weighted by molar-refractivity contribution is -0.274. The van der Waals surface area contributed by atoms with Crippen LogP contribution in [0, 0.1) is 5.92 Å². The second-order valence-electron chi connectivity index (χ2n) is 5.81. The number of aliphatic hydroxyl groups is 1. The summed E-state index contributed by atoms with van der Waals surface area (Å²) in [5, 5.41) is 11.6. The molecule has 0 radical (unpaired) electrons. The molecule has 2 rings (SSSR count). The normalized spacial score (nSPS) is 21.6. The fourth-order valence-corrected chi connectivity index (χ4v) is 2.65. The first-order chi connectivity index (χ1) is 10.8. The van der Waals surface area contributed by atoms with Crippen LogP contribution in [0.3, 0.4) is 0 Å². The molecule has 1 aliphatic carbocycles. The van der Waals surface area contributed by atoms with E-state index in [1.165, 1.54) is 12.1 Å². The smallest absolute Gasteiger partial charge is 0.405 e. The summed E-state index contributed by atoms with van der Waals surface area (Å²) >= 11 is 0. The minimum Gasteiger partial charge on any atom is -0.405 e. The Morgan fingerprint density at radius 3 is 2.78 bits per heavy atom. The third-order valence-electron chi connectivity index (χ3n) is 3.86. The van der Waals surface area contributed by atoms with Gasteiger partial charge >= 0.3 is 6.36 Å². The van der Waals surface area contributed by atoms with Gasteiger partial charge in [-0.05, 0) is 43.7 Å². The van der Waals surface area contributed by atoms with Gasteiger partial charge < -0.3 is 15.2 Å². The van der Waals surface area contributed by atoms with Crippen LogP contribution in [0.4, 0.5) is 13.2 Å². The van der Waals surface area contributed by atoms with E-state index < -0.39 is 6.36 Å². The molecule has 3 atom stereocenters. The molecule has 0 saturated heterocycles. The quantitative estimate of drug-likeness (QED) is 0.808. The minimum atomic E-state index is -4.75. The van der Waals surface area contributed by atoms with Gasteiger partial charge in [-0.3, -0.25) is 4.79 Å². The van der Waals surface area contributed by atoms with Crippen molar-refractivity contribution in [3.63, 3.8) is 0 Å². The number of halogens is 3. The summed E-state index contributed by atoms with van der Waals surface area (Å²) in [6.45, 7) is 1.90. The topological polar surface area (TPSA) is 58.6 Å². The molecule has 0 bridgehead atoms. The van der Waals surface area contributed by atoms with Crippen molar-refractivity contribution in [3.8, 4) is 5.75 Å². The third kappa shape index (κ3) is 5.13. The van der Waals surface area contributed by atoms with Crippen molar-refractivity contribution < 1.29 is 27.8 Å². The fraction of sp³-hybridized carbons (Fsp3) is 0.562. The first-order valence-corrected chi connectivity index (χ1v) is 7.57. The number of amides is 1. The van der Waals surface area contributed by atoms with Crippen molar-refractivity contribution >= 4 is 5.91 Å². The number of aliphatic hydroxyl groups excluding tert-OH is 1. The predicted molar refractivity (Wildman–Crippen MR) is 77.9 cm³/mol. The summed E-state index contributed by atoms with van der Waals surface area (Å²) in [5.41, 5.74) is 0.410. The van der Waals surface area contributed by atoms with Crippen LogP contribution in [-0.4, -0.2) is 30.0 Å². The van der Waals surface area contributed by atoms with E-state index in [4.69, 9.17) is 5.11 Å².